The Bertz CT molecular complexity index is 1410. The number of rotatable bonds is 6. The lowest BCUT2D eigenvalue weighted by Gasteiger charge is -2.29. The van der Waals surface area contributed by atoms with E-state index in [2.05, 4.69) is 5.32 Å². The van der Waals surface area contributed by atoms with Crippen molar-refractivity contribution in [3.8, 4) is 11.5 Å². The van der Waals surface area contributed by atoms with Gasteiger partial charge < -0.3 is 9.47 Å². The highest BCUT2D eigenvalue weighted by atomic mass is 35.5. The van der Waals surface area contributed by atoms with Gasteiger partial charge in [0.05, 0.1) is 18.4 Å². The van der Waals surface area contributed by atoms with Crippen LogP contribution in [0.15, 0.2) is 72.3 Å². The fourth-order valence-corrected chi connectivity index (χ4v) is 3.98. The van der Waals surface area contributed by atoms with Crippen LogP contribution in [0.4, 0.5) is 18.9 Å². The van der Waals surface area contributed by atoms with E-state index >= 15 is 0 Å². The van der Waals surface area contributed by atoms with E-state index in [1.54, 1.807) is 42.5 Å². The Hall–Kier alpha value is -3.89. The van der Waals surface area contributed by atoms with Crippen molar-refractivity contribution in [3.63, 3.8) is 0 Å². The molecule has 11 heteroatoms. The molecule has 1 aliphatic heterocycles. The lowest BCUT2D eigenvalue weighted by Crippen LogP contribution is -2.54. The third-order valence-corrected chi connectivity index (χ3v) is 5.89. The highest BCUT2D eigenvalue weighted by Gasteiger charge is 2.34. The first kappa shape index (κ1) is 26.2. The molecule has 0 atom stereocenters. The Morgan fingerprint density at radius 3 is 2.46 bits per heavy atom. The number of amides is 2. The maximum absolute atomic E-state index is 13.2. The van der Waals surface area contributed by atoms with Crippen LogP contribution in [0.3, 0.4) is 0 Å². The summed E-state index contributed by atoms with van der Waals surface area (Å²) in [6.07, 6.45) is -3.12. The molecule has 4 rings (SSSR count). The van der Waals surface area contributed by atoms with Gasteiger partial charge in [0.1, 0.15) is 23.7 Å². The SMILES string of the molecule is COc1ccc(/C=C2\C(=O)NC(=S)N(c3ccc(Cl)cc3)C2=O)cc1COc1cccc(C(F)(F)F)c1. The lowest BCUT2D eigenvalue weighted by molar-refractivity contribution is -0.137. The molecule has 0 spiro atoms. The van der Waals surface area contributed by atoms with Gasteiger partial charge in [-0.15, -0.1) is 0 Å². The van der Waals surface area contributed by atoms with E-state index in [1.165, 1.54) is 30.2 Å². The van der Waals surface area contributed by atoms with Gasteiger partial charge in [-0.05, 0) is 78.5 Å². The number of halogens is 4. The summed E-state index contributed by atoms with van der Waals surface area (Å²) < 4.78 is 49.9. The topological polar surface area (TPSA) is 67.9 Å². The zero-order valence-electron chi connectivity index (χ0n) is 19.1. The molecule has 1 heterocycles. The predicted molar refractivity (Wildman–Crippen MR) is 136 cm³/mol. The molecule has 190 valence electrons. The molecule has 37 heavy (non-hydrogen) atoms. The molecular formula is C26H18ClF3N2O4S. The number of hydrogen-bond donors (Lipinski definition) is 1. The lowest BCUT2D eigenvalue weighted by atomic mass is 10.0. The number of thiocarbonyl (C=S) groups is 1. The fourth-order valence-electron chi connectivity index (χ4n) is 3.57. The Balaban J connectivity index is 1.61. The van der Waals surface area contributed by atoms with Gasteiger partial charge in [-0.2, -0.15) is 13.2 Å². The van der Waals surface area contributed by atoms with Crippen LogP contribution in [0.2, 0.25) is 5.02 Å². The van der Waals surface area contributed by atoms with Crippen LogP contribution in [-0.2, 0) is 22.4 Å². The van der Waals surface area contributed by atoms with Gasteiger partial charge in [0.15, 0.2) is 5.11 Å². The van der Waals surface area contributed by atoms with E-state index in [1.807, 2.05) is 0 Å². The second-order valence-corrected chi connectivity index (χ2v) is 8.64. The number of anilines is 1. The average Bonchev–Trinajstić information content (AvgIpc) is 2.86. The molecule has 0 radical (unpaired) electrons. The molecule has 1 saturated heterocycles. The molecule has 6 nitrogen and oxygen atoms in total. The van der Waals surface area contributed by atoms with Crippen LogP contribution in [0.25, 0.3) is 6.08 Å². The summed E-state index contributed by atoms with van der Waals surface area (Å²) in [5.41, 5.74) is 0.378. The number of nitrogens with zero attached hydrogens (tertiary/aromatic N) is 1. The molecule has 0 aliphatic carbocycles. The molecule has 0 unspecified atom stereocenters. The number of alkyl halides is 3. The van der Waals surface area contributed by atoms with Crippen molar-refractivity contribution >= 4 is 52.5 Å². The van der Waals surface area contributed by atoms with Gasteiger partial charge in [-0.3, -0.25) is 19.8 Å². The second-order valence-electron chi connectivity index (χ2n) is 7.82. The Labute approximate surface area is 220 Å². The fraction of sp³-hybridized carbons (Fsp3) is 0.115. The minimum Gasteiger partial charge on any atom is -0.496 e. The first-order valence-corrected chi connectivity index (χ1v) is 11.5. The van der Waals surface area contributed by atoms with Crippen LogP contribution in [-0.4, -0.2) is 24.0 Å². The van der Waals surface area contributed by atoms with Crippen LogP contribution in [0.5, 0.6) is 11.5 Å². The number of ether oxygens (including phenoxy) is 2. The molecule has 0 bridgehead atoms. The molecule has 0 saturated carbocycles. The minimum absolute atomic E-state index is 0.0228. The second kappa shape index (κ2) is 10.6. The zero-order chi connectivity index (χ0) is 26.7. The number of carbonyl (C=O) groups is 2. The molecule has 3 aromatic carbocycles. The first-order valence-electron chi connectivity index (χ1n) is 10.7. The summed E-state index contributed by atoms with van der Waals surface area (Å²) in [5, 5.41) is 2.90. The standard InChI is InChI=1S/C26H18ClF3N2O4S/c1-35-22-10-5-15(11-16(22)14-36-20-4-2-3-17(13-20)26(28,29)30)12-21-23(33)31-25(37)32(24(21)34)19-8-6-18(27)7-9-19/h2-13H,14H2,1H3,(H,31,33,37)/b21-12+. The molecule has 1 fully saturated rings. The van der Waals surface area contributed by atoms with Gasteiger partial charge in [0.25, 0.3) is 11.8 Å². The van der Waals surface area contributed by atoms with Crippen LogP contribution < -0.4 is 19.7 Å². The number of methoxy groups -OCH3 is 1. The first-order chi connectivity index (χ1) is 17.6. The summed E-state index contributed by atoms with van der Waals surface area (Å²) >= 11 is 11.1. The van der Waals surface area contributed by atoms with Crippen molar-refractivity contribution in [3.05, 3.63) is 94.0 Å². The number of carbonyl (C=O) groups excluding carboxylic acids is 2. The Morgan fingerprint density at radius 2 is 1.78 bits per heavy atom. The highest BCUT2D eigenvalue weighted by Crippen LogP contribution is 2.32. The molecule has 0 aromatic heterocycles. The summed E-state index contributed by atoms with van der Waals surface area (Å²) in [6, 6.07) is 15.7. The third-order valence-electron chi connectivity index (χ3n) is 5.36. The maximum Gasteiger partial charge on any atom is 0.416 e. The van der Waals surface area contributed by atoms with Gasteiger partial charge in [0.2, 0.25) is 0 Å². The van der Waals surface area contributed by atoms with Gasteiger partial charge in [0, 0.05) is 10.6 Å². The van der Waals surface area contributed by atoms with E-state index in [0.717, 1.165) is 12.1 Å². The number of benzene rings is 3. The summed E-state index contributed by atoms with van der Waals surface area (Å²) in [5.74, 6) is -0.862. The quantitative estimate of drug-likeness (QED) is 0.241. The van der Waals surface area contributed by atoms with Crippen molar-refractivity contribution in [2.45, 2.75) is 12.8 Å². The third kappa shape index (κ3) is 5.92. The molecule has 2 amide bonds. The minimum atomic E-state index is -4.50. The summed E-state index contributed by atoms with van der Waals surface area (Å²) in [7, 11) is 1.43. The van der Waals surface area contributed by atoms with Crippen LogP contribution in [0, 0.1) is 0 Å². The molecule has 1 N–H and O–H groups in total. The predicted octanol–water partition coefficient (Wildman–Crippen LogP) is 5.78. The monoisotopic (exact) mass is 546 g/mol. The van der Waals surface area contributed by atoms with Crippen LogP contribution in [0.1, 0.15) is 16.7 Å². The number of nitrogens with one attached hydrogen (secondary N) is 1. The molecule has 3 aromatic rings. The smallest absolute Gasteiger partial charge is 0.416 e. The van der Waals surface area contributed by atoms with Crippen molar-refractivity contribution in [2.75, 3.05) is 12.0 Å². The van der Waals surface area contributed by atoms with Crippen LogP contribution >= 0.6 is 23.8 Å². The van der Waals surface area contributed by atoms with Gasteiger partial charge >= 0.3 is 6.18 Å². The average molecular weight is 547 g/mol. The largest absolute Gasteiger partial charge is 0.496 e. The van der Waals surface area contributed by atoms with E-state index < -0.39 is 23.6 Å². The highest BCUT2D eigenvalue weighted by molar-refractivity contribution is 7.80. The van der Waals surface area contributed by atoms with Gasteiger partial charge in [-0.1, -0.05) is 23.7 Å². The van der Waals surface area contributed by atoms with Crippen molar-refractivity contribution in [2.24, 2.45) is 0 Å². The summed E-state index contributed by atoms with van der Waals surface area (Å²) in [4.78, 5) is 27.0. The van der Waals surface area contributed by atoms with Crippen molar-refractivity contribution in [1.82, 2.24) is 5.32 Å². The normalized spacial score (nSPS) is 15.1. The summed E-state index contributed by atoms with van der Waals surface area (Å²) in [6.45, 7) is -0.122. The van der Waals surface area contributed by atoms with Crippen molar-refractivity contribution < 1.29 is 32.2 Å². The zero-order valence-corrected chi connectivity index (χ0v) is 20.7. The maximum atomic E-state index is 13.2. The van der Waals surface area contributed by atoms with E-state index in [9.17, 15) is 22.8 Å². The molecule has 1 aliphatic rings. The molecular weight excluding hydrogens is 529 g/mol. The number of hydrogen-bond acceptors (Lipinski definition) is 5. The van der Waals surface area contributed by atoms with Crippen molar-refractivity contribution in [1.29, 1.82) is 0 Å². The Morgan fingerprint density at radius 1 is 1.05 bits per heavy atom. The van der Waals surface area contributed by atoms with E-state index in [4.69, 9.17) is 33.3 Å². The van der Waals surface area contributed by atoms with Gasteiger partial charge in [-0.25, -0.2) is 0 Å². The Kier molecular flexibility index (Phi) is 7.51. The van der Waals surface area contributed by atoms with E-state index in [0.29, 0.717) is 27.6 Å². The van der Waals surface area contributed by atoms with E-state index in [-0.39, 0.29) is 23.0 Å².